The highest BCUT2D eigenvalue weighted by Gasteiger charge is 2.12. The van der Waals surface area contributed by atoms with Gasteiger partial charge in [-0.1, -0.05) is 12.1 Å². The Morgan fingerprint density at radius 3 is 2.47 bits per heavy atom. The molecule has 1 unspecified atom stereocenters. The summed E-state index contributed by atoms with van der Waals surface area (Å²) in [5, 5.41) is 9.36. The molecule has 0 heterocycles. The van der Waals surface area contributed by atoms with Gasteiger partial charge in [-0.3, -0.25) is 9.79 Å². The van der Waals surface area contributed by atoms with Gasteiger partial charge in [-0.05, 0) is 50.6 Å². The number of hydrogen-bond acceptors (Lipinski definition) is 5. The maximum Gasteiger partial charge on any atom is 0.221 e. The molecule has 3 N–H and O–H groups in total. The van der Waals surface area contributed by atoms with Crippen LogP contribution >= 0.6 is 0 Å². The van der Waals surface area contributed by atoms with E-state index in [9.17, 15) is 4.79 Å². The fourth-order valence-corrected chi connectivity index (χ4v) is 3.03. The summed E-state index contributed by atoms with van der Waals surface area (Å²) in [6.45, 7) is 9.59. The summed E-state index contributed by atoms with van der Waals surface area (Å²) < 4.78 is 17.1. The van der Waals surface area contributed by atoms with E-state index in [1.165, 1.54) is 6.92 Å². The molecule has 0 bridgehead atoms. The number of carbonyl (C=O) groups excluding carboxylic acids is 1. The fraction of sp³-hybridized carbons (Fsp3) is 0.417. The Morgan fingerprint density at radius 1 is 1.03 bits per heavy atom. The van der Waals surface area contributed by atoms with Crippen LogP contribution < -0.4 is 30.2 Å². The molecule has 2 aromatic carbocycles. The Labute approximate surface area is 190 Å². The van der Waals surface area contributed by atoms with E-state index < -0.39 is 0 Å². The lowest BCUT2D eigenvalue weighted by molar-refractivity contribution is -0.114. The smallest absolute Gasteiger partial charge is 0.221 e. The summed E-state index contributed by atoms with van der Waals surface area (Å²) in [5.41, 5.74) is 1.77. The molecule has 0 aliphatic heterocycles. The van der Waals surface area contributed by atoms with E-state index in [0.717, 1.165) is 17.1 Å². The number of guanidine groups is 1. The summed E-state index contributed by atoms with van der Waals surface area (Å²) in [6, 6.07) is 13.2. The number of carbonyl (C=O) groups is 1. The molecule has 8 nitrogen and oxygen atoms in total. The average molecular weight is 443 g/mol. The third kappa shape index (κ3) is 8.02. The highest BCUT2D eigenvalue weighted by atomic mass is 16.5. The number of amides is 1. The van der Waals surface area contributed by atoms with Crippen LogP contribution in [0.4, 0.5) is 5.69 Å². The number of rotatable bonds is 11. The molecule has 8 heteroatoms. The zero-order valence-corrected chi connectivity index (χ0v) is 19.5. The molecule has 0 radical (unpaired) electrons. The van der Waals surface area contributed by atoms with Crippen molar-refractivity contribution in [2.75, 3.05) is 38.7 Å². The van der Waals surface area contributed by atoms with Crippen LogP contribution in [0.15, 0.2) is 47.5 Å². The molecule has 0 saturated carbocycles. The number of anilines is 1. The summed E-state index contributed by atoms with van der Waals surface area (Å²) in [4.78, 5) is 15.5. The van der Waals surface area contributed by atoms with E-state index in [-0.39, 0.29) is 11.9 Å². The largest absolute Gasteiger partial charge is 0.492 e. The average Bonchev–Trinajstić information content (AvgIpc) is 2.77. The van der Waals surface area contributed by atoms with E-state index >= 15 is 0 Å². The van der Waals surface area contributed by atoms with Crippen molar-refractivity contribution in [2.45, 2.75) is 33.7 Å². The van der Waals surface area contributed by atoms with Gasteiger partial charge in [0.15, 0.2) is 17.5 Å². The first-order chi connectivity index (χ1) is 15.5. The normalized spacial score (nSPS) is 12.0. The fourth-order valence-electron chi connectivity index (χ4n) is 3.03. The van der Waals surface area contributed by atoms with Crippen LogP contribution in [0.2, 0.25) is 0 Å². The third-order valence-electron chi connectivity index (χ3n) is 4.46. The number of hydrogen-bond donors (Lipinski definition) is 3. The minimum atomic E-state index is -0.117. The lowest BCUT2D eigenvalue weighted by Gasteiger charge is -2.20. The quantitative estimate of drug-likeness (QED) is 0.279. The van der Waals surface area contributed by atoms with Gasteiger partial charge in [-0.25, -0.2) is 0 Å². The molecule has 174 valence electrons. The van der Waals surface area contributed by atoms with Crippen LogP contribution in [-0.4, -0.2) is 45.3 Å². The van der Waals surface area contributed by atoms with Crippen LogP contribution in [0.5, 0.6) is 17.2 Å². The number of nitrogens with zero attached hydrogens (tertiary/aromatic N) is 1. The lowest BCUT2D eigenvalue weighted by atomic mass is 10.1. The molecule has 0 aliphatic carbocycles. The summed E-state index contributed by atoms with van der Waals surface area (Å²) in [7, 11) is 1.73. The SMILES string of the molecule is CCOc1ccc(C(C)NC(=NC)NCCOc2cccc(NC(C)=O)c2)cc1OCC. The van der Waals surface area contributed by atoms with Gasteiger partial charge in [-0.15, -0.1) is 0 Å². The second-order valence-electron chi connectivity index (χ2n) is 6.99. The number of benzene rings is 2. The standard InChI is InChI=1S/C24H34N4O4/c1-6-30-22-12-11-19(15-23(22)31-7-2)17(3)27-24(25-5)26-13-14-32-21-10-8-9-20(16-21)28-18(4)29/h8-12,15-17H,6-7,13-14H2,1-5H3,(H,28,29)(H2,25,26,27). The first kappa shape index (κ1) is 24.8. The van der Waals surface area contributed by atoms with Gasteiger partial charge in [0, 0.05) is 25.7 Å². The molecule has 0 spiro atoms. The van der Waals surface area contributed by atoms with Gasteiger partial charge >= 0.3 is 0 Å². The van der Waals surface area contributed by atoms with Crippen LogP contribution in [0, 0.1) is 0 Å². The molecule has 1 atom stereocenters. The molecule has 0 saturated heterocycles. The van der Waals surface area contributed by atoms with E-state index in [1.807, 2.05) is 50.2 Å². The zero-order chi connectivity index (χ0) is 23.3. The first-order valence-corrected chi connectivity index (χ1v) is 10.8. The van der Waals surface area contributed by atoms with Crippen molar-refractivity contribution < 1.29 is 19.0 Å². The second kappa shape index (κ2) is 13.1. The molecule has 32 heavy (non-hydrogen) atoms. The Kier molecular flexibility index (Phi) is 10.2. The van der Waals surface area contributed by atoms with E-state index in [0.29, 0.717) is 43.8 Å². The molecular formula is C24H34N4O4. The van der Waals surface area contributed by atoms with Crippen molar-refractivity contribution in [3.05, 3.63) is 48.0 Å². The maximum atomic E-state index is 11.2. The first-order valence-electron chi connectivity index (χ1n) is 10.8. The van der Waals surface area contributed by atoms with E-state index in [1.54, 1.807) is 13.1 Å². The molecule has 2 aromatic rings. The summed E-state index contributed by atoms with van der Waals surface area (Å²) >= 11 is 0. The topological polar surface area (TPSA) is 93.2 Å². The van der Waals surface area contributed by atoms with Crippen LogP contribution in [-0.2, 0) is 4.79 Å². The third-order valence-corrected chi connectivity index (χ3v) is 4.46. The molecule has 2 rings (SSSR count). The highest BCUT2D eigenvalue weighted by Crippen LogP contribution is 2.30. The summed E-state index contributed by atoms with van der Waals surface area (Å²) in [6.07, 6.45) is 0. The number of nitrogens with one attached hydrogen (secondary N) is 3. The minimum Gasteiger partial charge on any atom is -0.492 e. The van der Waals surface area contributed by atoms with Crippen molar-refractivity contribution in [3.63, 3.8) is 0 Å². The molecule has 0 aliphatic rings. The van der Waals surface area contributed by atoms with Gasteiger partial charge in [0.05, 0.1) is 25.8 Å². The van der Waals surface area contributed by atoms with Crippen LogP contribution in [0.3, 0.4) is 0 Å². The Balaban J connectivity index is 1.87. The zero-order valence-electron chi connectivity index (χ0n) is 19.5. The Bertz CT molecular complexity index is 901. The van der Waals surface area contributed by atoms with Crippen molar-refractivity contribution in [1.82, 2.24) is 10.6 Å². The van der Waals surface area contributed by atoms with Gasteiger partial charge < -0.3 is 30.2 Å². The number of ether oxygens (including phenoxy) is 3. The lowest BCUT2D eigenvalue weighted by Crippen LogP contribution is -2.40. The molecular weight excluding hydrogens is 408 g/mol. The number of aliphatic imine (C=N–C) groups is 1. The Hall–Kier alpha value is -3.42. The molecule has 0 aromatic heterocycles. The van der Waals surface area contributed by atoms with Crippen molar-refractivity contribution >= 4 is 17.6 Å². The van der Waals surface area contributed by atoms with E-state index in [4.69, 9.17) is 14.2 Å². The van der Waals surface area contributed by atoms with Gasteiger partial charge in [0.2, 0.25) is 5.91 Å². The minimum absolute atomic E-state index is 0.00587. The van der Waals surface area contributed by atoms with Crippen molar-refractivity contribution in [2.24, 2.45) is 4.99 Å². The second-order valence-corrected chi connectivity index (χ2v) is 6.99. The van der Waals surface area contributed by atoms with Crippen molar-refractivity contribution in [1.29, 1.82) is 0 Å². The van der Waals surface area contributed by atoms with Gasteiger partial charge in [-0.2, -0.15) is 0 Å². The van der Waals surface area contributed by atoms with E-state index in [2.05, 4.69) is 27.9 Å². The maximum absolute atomic E-state index is 11.2. The van der Waals surface area contributed by atoms with Gasteiger partial charge in [0.1, 0.15) is 12.4 Å². The highest BCUT2D eigenvalue weighted by molar-refractivity contribution is 5.88. The van der Waals surface area contributed by atoms with Gasteiger partial charge in [0.25, 0.3) is 0 Å². The predicted octanol–water partition coefficient (Wildman–Crippen LogP) is 3.75. The Morgan fingerprint density at radius 2 is 1.78 bits per heavy atom. The molecule has 1 amide bonds. The van der Waals surface area contributed by atoms with Crippen LogP contribution in [0.25, 0.3) is 0 Å². The predicted molar refractivity (Wildman–Crippen MR) is 128 cm³/mol. The monoisotopic (exact) mass is 442 g/mol. The molecule has 0 fully saturated rings. The summed E-state index contributed by atoms with van der Waals surface area (Å²) in [5.74, 6) is 2.71. The van der Waals surface area contributed by atoms with Crippen molar-refractivity contribution in [3.8, 4) is 17.2 Å². The van der Waals surface area contributed by atoms with Crippen LogP contribution in [0.1, 0.15) is 39.3 Å².